The van der Waals surface area contributed by atoms with Gasteiger partial charge in [-0.1, -0.05) is 48.5 Å². The van der Waals surface area contributed by atoms with E-state index in [2.05, 4.69) is 12.1 Å². The van der Waals surface area contributed by atoms with E-state index >= 15 is 0 Å². The number of phenolic OH excluding ortho intramolecular Hbond substituents is 1. The third-order valence-electron chi connectivity index (χ3n) is 4.85. The fraction of sp³-hybridized carbons (Fsp3) is 0.435. The van der Waals surface area contributed by atoms with Gasteiger partial charge in [-0.3, -0.25) is 0 Å². The van der Waals surface area contributed by atoms with Crippen LogP contribution in [0.3, 0.4) is 0 Å². The number of rotatable bonds is 4. The molecule has 3 rings (SSSR count). The van der Waals surface area contributed by atoms with Crippen LogP contribution in [0.15, 0.2) is 54.6 Å². The molecule has 1 saturated heterocycles. The van der Waals surface area contributed by atoms with E-state index in [9.17, 15) is 9.90 Å². The van der Waals surface area contributed by atoms with Crippen LogP contribution in [0.4, 0.5) is 4.79 Å². The molecule has 1 N–H and O–H groups in total. The van der Waals surface area contributed by atoms with E-state index < -0.39 is 5.60 Å². The van der Waals surface area contributed by atoms with Gasteiger partial charge in [-0.2, -0.15) is 0 Å². The number of aromatic hydroxyl groups is 1. The molecule has 0 aliphatic carbocycles. The molecule has 1 aliphatic heterocycles. The van der Waals surface area contributed by atoms with Crippen molar-refractivity contribution in [1.82, 2.24) is 4.90 Å². The summed E-state index contributed by atoms with van der Waals surface area (Å²) in [6.07, 6.45) is 0.141. The van der Waals surface area contributed by atoms with Gasteiger partial charge in [-0.05, 0) is 44.4 Å². The summed E-state index contributed by atoms with van der Waals surface area (Å²) in [5.74, 6) is 0.294. The molecule has 2 atom stereocenters. The van der Waals surface area contributed by atoms with Crippen molar-refractivity contribution in [3.05, 3.63) is 65.7 Å². The normalized spacial score (nSPS) is 18.5. The van der Waals surface area contributed by atoms with Crippen LogP contribution < -0.4 is 0 Å². The van der Waals surface area contributed by atoms with Crippen molar-refractivity contribution in [3.8, 4) is 5.75 Å². The maximum Gasteiger partial charge on any atom is 0.410 e. The van der Waals surface area contributed by atoms with Crippen molar-refractivity contribution in [2.24, 2.45) is 0 Å². The summed E-state index contributed by atoms with van der Waals surface area (Å²) < 4.78 is 11.6. The maximum atomic E-state index is 12.5. The summed E-state index contributed by atoms with van der Waals surface area (Å²) in [7, 11) is 0. The van der Waals surface area contributed by atoms with Gasteiger partial charge in [0.2, 0.25) is 0 Å². The molecular formula is C23H29NO4. The largest absolute Gasteiger partial charge is 0.508 e. The third kappa shape index (κ3) is 5.26. The van der Waals surface area contributed by atoms with Gasteiger partial charge in [0.15, 0.2) is 0 Å². The Hall–Kier alpha value is -2.53. The van der Waals surface area contributed by atoms with Crippen molar-refractivity contribution in [3.63, 3.8) is 0 Å². The number of ether oxygens (including phenoxy) is 2. The SMILES string of the molecule is CC(C)(C)OC(=O)N1CCOC(C(Cc2ccccc2O)c2ccccc2)C1. The van der Waals surface area contributed by atoms with Crippen LogP contribution >= 0.6 is 0 Å². The first-order chi connectivity index (χ1) is 13.3. The molecule has 0 radical (unpaired) electrons. The number of hydrogen-bond acceptors (Lipinski definition) is 4. The molecule has 1 heterocycles. The third-order valence-corrected chi connectivity index (χ3v) is 4.85. The van der Waals surface area contributed by atoms with Crippen LogP contribution in [0, 0.1) is 0 Å². The number of hydrogen-bond donors (Lipinski definition) is 1. The fourth-order valence-corrected chi connectivity index (χ4v) is 3.50. The molecule has 1 amide bonds. The van der Waals surface area contributed by atoms with E-state index in [0.717, 1.165) is 11.1 Å². The molecule has 5 heteroatoms. The van der Waals surface area contributed by atoms with E-state index in [1.807, 2.05) is 57.2 Å². The molecule has 1 fully saturated rings. The number of benzene rings is 2. The Morgan fingerprint density at radius 2 is 1.86 bits per heavy atom. The molecule has 5 nitrogen and oxygen atoms in total. The lowest BCUT2D eigenvalue weighted by Gasteiger charge is -2.38. The monoisotopic (exact) mass is 383 g/mol. The number of phenols is 1. The standard InChI is InChI=1S/C23H29NO4/c1-23(2,3)28-22(26)24-13-14-27-21(16-24)19(17-9-5-4-6-10-17)15-18-11-7-8-12-20(18)25/h4-12,19,21,25H,13-16H2,1-3H3. The molecule has 0 spiro atoms. The lowest BCUT2D eigenvalue weighted by Crippen LogP contribution is -2.49. The lowest BCUT2D eigenvalue weighted by molar-refractivity contribution is -0.0515. The van der Waals surface area contributed by atoms with Crippen LogP contribution in [-0.4, -0.2) is 47.5 Å². The van der Waals surface area contributed by atoms with Crippen LogP contribution in [0.1, 0.15) is 37.8 Å². The van der Waals surface area contributed by atoms with Gasteiger partial charge in [-0.15, -0.1) is 0 Å². The van der Waals surface area contributed by atoms with Crippen LogP contribution in [-0.2, 0) is 15.9 Å². The maximum absolute atomic E-state index is 12.5. The summed E-state index contributed by atoms with van der Waals surface area (Å²) in [5.41, 5.74) is 1.47. The highest BCUT2D eigenvalue weighted by atomic mass is 16.6. The van der Waals surface area contributed by atoms with E-state index in [1.54, 1.807) is 11.0 Å². The minimum atomic E-state index is -0.528. The van der Waals surface area contributed by atoms with E-state index in [-0.39, 0.29) is 23.9 Å². The fourth-order valence-electron chi connectivity index (χ4n) is 3.50. The number of nitrogens with zero attached hydrogens (tertiary/aromatic N) is 1. The molecule has 2 unspecified atom stereocenters. The van der Waals surface area contributed by atoms with Gasteiger partial charge in [-0.25, -0.2) is 4.79 Å². The summed E-state index contributed by atoms with van der Waals surface area (Å²) in [4.78, 5) is 14.3. The Morgan fingerprint density at radius 3 is 2.54 bits per heavy atom. The molecule has 28 heavy (non-hydrogen) atoms. The predicted octanol–water partition coefficient (Wildman–Crippen LogP) is 4.35. The number of para-hydroxylation sites is 1. The molecule has 0 bridgehead atoms. The average molecular weight is 383 g/mol. The Kier molecular flexibility index (Phi) is 6.25. The van der Waals surface area contributed by atoms with E-state index in [0.29, 0.717) is 26.1 Å². The zero-order valence-corrected chi connectivity index (χ0v) is 16.8. The summed E-state index contributed by atoms with van der Waals surface area (Å²) >= 11 is 0. The summed E-state index contributed by atoms with van der Waals surface area (Å²) in [6.45, 7) is 7.05. The first-order valence-electron chi connectivity index (χ1n) is 9.75. The first kappa shape index (κ1) is 20.2. The molecule has 0 aromatic heterocycles. The van der Waals surface area contributed by atoms with Crippen molar-refractivity contribution in [1.29, 1.82) is 0 Å². The number of morpholine rings is 1. The second-order valence-corrected chi connectivity index (χ2v) is 8.19. The highest BCUT2D eigenvalue weighted by Crippen LogP contribution is 2.31. The quantitative estimate of drug-likeness (QED) is 0.852. The Labute approximate surface area is 166 Å². The molecular weight excluding hydrogens is 354 g/mol. The van der Waals surface area contributed by atoms with E-state index in [4.69, 9.17) is 9.47 Å². The van der Waals surface area contributed by atoms with Crippen molar-refractivity contribution in [2.75, 3.05) is 19.7 Å². The second-order valence-electron chi connectivity index (χ2n) is 8.19. The predicted molar refractivity (Wildman–Crippen MR) is 109 cm³/mol. The van der Waals surface area contributed by atoms with Crippen LogP contribution in [0.25, 0.3) is 0 Å². The van der Waals surface area contributed by atoms with Gasteiger partial charge >= 0.3 is 6.09 Å². The molecule has 0 saturated carbocycles. The van der Waals surface area contributed by atoms with Crippen LogP contribution in [0.2, 0.25) is 0 Å². The topological polar surface area (TPSA) is 59.0 Å². The molecule has 150 valence electrons. The number of carbonyl (C=O) groups excluding carboxylic acids is 1. The summed E-state index contributed by atoms with van der Waals surface area (Å²) in [5, 5.41) is 10.2. The van der Waals surface area contributed by atoms with Gasteiger partial charge in [0.1, 0.15) is 11.4 Å². The van der Waals surface area contributed by atoms with Gasteiger partial charge in [0.25, 0.3) is 0 Å². The van der Waals surface area contributed by atoms with Crippen molar-refractivity contribution in [2.45, 2.75) is 44.8 Å². The zero-order chi connectivity index (χ0) is 20.1. The van der Waals surface area contributed by atoms with Gasteiger partial charge in [0, 0.05) is 12.5 Å². The second kappa shape index (κ2) is 8.65. The van der Waals surface area contributed by atoms with E-state index in [1.165, 1.54) is 0 Å². The highest BCUT2D eigenvalue weighted by Gasteiger charge is 2.33. The average Bonchev–Trinajstić information content (AvgIpc) is 2.67. The number of amides is 1. The Bertz CT molecular complexity index is 785. The first-order valence-corrected chi connectivity index (χ1v) is 9.75. The van der Waals surface area contributed by atoms with Gasteiger partial charge < -0.3 is 19.5 Å². The van der Waals surface area contributed by atoms with Crippen LogP contribution in [0.5, 0.6) is 5.75 Å². The van der Waals surface area contributed by atoms with Gasteiger partial charge in [0.05, 0.1) is 19.3 Å². The lowest BCUT2D eigenvalue weighted by atomic mass is 9.86. The molecule has 2 aromatic rings. The van der Waals surface area contributed by atoms with Crippen molar-refractivity contribution < 1.29 is 19.4 Å². The molecule has 1 aliphatic rings. The summed E-state index contributed by atoms with van der Waals surface area (Å²) in [6, 6.07) is 17.5. The Morgan fingerprint density at radius 1 is 1.18 bits per heavy atom. The Balaban J connectivity index is 1.81. The minimum Gasteiger partial charge on any atom is -0.508 e. The highest BCUT2D eigenvalue weighted by molar-refractivity contribution is 5.68. The molecule has 2 aromatic carbocycles. The zero-order valence-electron chi connectivity index (χ0n) is 16.8. The van der Waals surface area contributed by atoms with Crippen molar-refractivity contribution >= 4 is 6.09 Å². The number of carbonyl (C=O) groups is 1. The smallest absolute Gasteiger partial charge is 0.410 e. The minimum absolute atomic E-state index is 0.0136.